The molecule has 0 N–H and O–H groups in total. The van der Waals surface area contributed by atoms with Gasteiger partial charge in [0.05, 0.1) is 15.6 Å². The number of hydrogen-bond donors (Lipinski definition) is 0. The highest BCUT2D eigenvalue weighted by Crippen LogP contribution is 2.38. The number of thiazole rings is 1. The minimum absolute atomic E-state index is 0.321. The molecular formula is C13H13NO2S. The molecule has 2 aromatic rings. The minimum Gasteiger partial charge on any atom is -0.454 e. The quantitative estimate of drug-likeness (QED) is 0.815. The first-order chi connectivity index (χ1) is 8.28. The van der Waals surface area contributed by atoms with Crippen molar-refractivity contribution in [3.8, 4) is 21.9 Å². The Morgan fingerprint density at radius 2 is 2.12 bits per heavy atom. The average molecular weight is 247 g/mol. The van der Waals surface area contributed by atoms with Crippen LogP contribution in [0.15, 0.2) is 18.2 Å². The number of fused-ring (bicyclic) bond motifs is 1. The van der Waals surface area contributed by atoms with Gasteiger partial charge >= 0.3 is 0 Å². The van der Waals surface area contributed by atoms with Crippen molar-refractivity contribution in [2.75, 3.05) is 6.79 Å². The van der Waals surface area contributed by atoms with Gasteiger partial charge in [-0.05, 0) is 37.1 Å². The molecule has 1 aromatic heterocycles. The smallest absolute Gasteiger partial charge is 0.231 e. The molecule has 17 heavy (non-hydrogen) atoms. The van der Waals surface area contributed by atoms with E-state index in [9.17, 15) is 0 Å². The van der Waals surface area contributed by atoms with Crippen molar-refractivity contribution in [1.82, 2.24) is 4.98 Å². The van der Waals surface area contributed by atoms with Crippen molar-refractivity contribution in [3.05, 3.63) is 28.9 Å². The normalized spacial score (nSPS) is 13.1. The van der Waals surface area contributed by atoms with Crippen LogP contribution in [0, 0.1) is 6.92 Å². The maximum atomic E-state index is 5.40. The molecule has 1 aliphatic heterocycles. The molecule has 3 nitrogen and oxygen atoms in total. The number of benzene rings is 1. The van der Waals surface area contributed by atoms with Crippen molar-refractivity contribution < 1.29 is 9.47 Å². The summed E-state index contributed by atoms with van der Waals surface area (Å²) < 4.78 is 10.7. The fraction of sp³-hybridized carbons (Fsp3) is 0.308. The third-order valence-corrected chi connectivity index (χ3v) is 3.84. The molecule has 1 aliphatic rings. The fourth-order valence-electron chi connectivity index (χ4n) is 1.97. The van der Waals surface area contributed by atoms with Gasteiger partial charge in [0, 0.05) is 0 Å². The first-order valence-corrected chi connectivity index (χ1v) is 6.46. The summed E-state index contributed by atoms with van der Waals surface area (Å²) in [4.78, 5) is 5.78. The standard InChI is InChI=1S/C13H13NO2S/c1-3-10-13(17-8(2)14-10)9-4-5-11-12(6-9)16-7-15-11/h4-6H,3,7H2,1-2H3. The molecule has 0 aliphatic carbocycles. The Bertz CT molecular complexity index is 563. The fourth-order valence-corrected chi connectivity index (χ4v) is 2.98. The molecule has 0 atom stereocenters. The van der Waals surface area contributed by atoms with Crippen LogP contribution >= 0.6 is 11.3 Å². The van der Waals surface area contributed by atoms with Crippen LogP contribution in [0.2, 0.25) is 0 Å². The lowest BCUT2D eigenvalue weighted by Crippen LogP contribution is -1.92. The monoisotopic (exact) mass is 247 g/mol. The lowest BCUT2D eigenvalue weighted by molar-refractivity contribution is 0.174. The number of nitrogens with zero attached hydrogens (tertiary/aromatic N) is 1. The maximum Gasteiger partial charge on any atom is 0.231 e. The number of rotatable bonds is 2. The van der Waals surface area contributed by atoms with E-state index in [0.717, 1.165) is 34.2 Å². The van der Waals surface area contributed by atoms with Crippen LogP contribution in [0.1, 0.15) is 17.6 Å². The third-order valence-electron chi connectivity index (χ3n) is 2.77. The van der Waals surface area contributed by atoms with Crippen LogP contribution in [0.5, 0.6) is 11.5 Å². The van der Waals surface area contributed by atoms with E-state index in [2.05, 4.69) is 18.0 Å². The van der Waals surface area contributed by atoms with Crippen molar-refractivity contribution in [2.24, 2.45) is 0 Å². The van der Waals surface area contributed by atoms with E-state index in [1.807, 2.05) is 19.1 Å². The van der Waals surface area contributed by atoms with Crippen LogP contribution in [-0.2, 0) is 6.42 Å². The molecule has 1 aromatic carbocycles. The highest BCUT2D eigenvalue weighted by atomic mass is 32.1. The third kappa shape index (κ3) is 1.78. The highest BCUT2D eigenvalue weighted by molar-refractivity contribution is 7.15. The van der Waals surface area contributed by atoms with Crippen LogP contribution in [0.4, 0.5) is 0 Å². The zero-order valence-electron chi connectivity index (χ0n) is 9.82. The zero-order valence-corrected chi connectivity index (χ0v) is 10.6. The molecule has 4 heteroatoms. The predicted octanol–water partition coefficient (Wildman–Crippen LogP) is 3.41. The summed E-state index contributed by atoms with van der Waals surface area (Å²) in [6.07, 6.45) is 0.952. The van der Waals surface area contributed by atoms with Crippen LogP contribution in [0.3, 0.4) is 0 Å². The molecule has 0 fully saturated rings. The van der Waals surface area contributed by atoms with Gasteiger partial charge in [-0.25, -0.2) is 4.98 Å². The molecule has 88 valence electrons. The summed E-state index contributed by atoms with van der Waals surface area (Å²) >= 11 is 1.73. The first-order valence-electron chi connectivity index (χ1n) is 5.64. The Morgan fingerprint density at radius 3 is 2.94 bits per heavy atom. The Kier molecular flexibility index (Phi) is 2.52. The van der Waals surface area contributed by atoms with Gasteiger partial charge in [0.15, 0.2) is 11.5 Å². The molecule has 0 radical (unpaired) electrons. The van der Waals surface area contributed by atoms with Crippen molar-refractivity contribution in [2.45, 2.75) is 20.3 Å². The van der Waals surface area contributed by atoms with E-state index in [1.165, 1.54) is 4.88 Å². The Morgan fingerprint density at radius 1 is 1.29 bits per heavy atom. The van der Waals surface area contributed by atoms with Gasteiger partial charge < -0.3 is 9.47 Å². The van der Waals surface area contributed by atoms with E-state index in [4.69, 9.17) is 9.47 Å². The van der Waals surface area contributed by atoms with Gasteiger partial charge in [0.1, 0.15) is 0 Å². The van der Waals surface area contributed by atoms with Gasteiger partial charge in [-0.15, -0.1) is 11.3 Å². The first kappa shape index (κ1) is 10.6. The molecule has 0 bridgehead atoms. The second kappa shape index (κ2) is 4.04. The topological polar surface area (TPSA) is 31.4 Å². The predicted molar refractivity (Wildman–Crippen MR) is 67.8 cm³/mol. The Labute approximate surface area is 104 Å². The second-order valence-corrected chi connectivity index (χ2v) is 5.13. The van der Waals surface area contributed by atoms with E-state index in [-0.39, 0.29) is 0 Å². The number of ether oxygens (including phenoxy) is 2. The molecule has 0 amide bonds. The summed E-state index contributed by atoms with van der Waals surface area (Å²) in [5, 5.41) is 1.11. The van der Waals surface area contributed by atoms with E-state index in [1.54, 1.807) is 11.3 Å². The maximum absolute atomic E-state index is 5.40. The number of aromatic nitrogens is 1. The lowest BCUT2D eigenvalue weighted by atomic mass is 10.1. The van der Waals surface area contributed by atoms with E-state index < -0.39 is 0 Å². The molecule has 3 rings (SSSR count). The lowest BCUT2D eigenvalue weighted by Gasteiger charge is -2.02. The van der Waals surface area contributed by atoms with E-state index in [0.29, 0.717) is 6.79 Å². The van der Waals surface area contributed by atoms with Crippen LogP contribution in [-0.4, -0.2) is 11.8 Å². The Balaban J connectivity index is 2.08. The average Bonchev–Trinajstić information content (AvgIpc) is 2.93. The summed E-state index contributed by atoms with van der Waals surface area (Å²) in [6.45, 7) is 4.49. The van der Waals surface area contributed by atoms with Gasteiger partial charge in [-0.1, -0.05) is 6.92 Å². The molecule has 0 unspecified atom stereocenters. The van der Waals surface area contributed by atoms with Gasteiger partial charge in [0.25, 0.3) is 0 Å². The SMILES string of the molecule is CCc1nc(C)sc1-c1ccc2c(c1)OCO2. The van der Waals surface area contributed by atoms with Crippen molar-refractivity contribution in [1.29, 1.82) is 0 Å². The summed E-state index contributed by atoms with van der Waals surface area (Å²) in [6, 6.07) is 6.07. The summed E-state index contributed by atoms with van der Waals surface area (Å²) in [5.41, 5.74) is 2.32. The van der Waals surface area contributed by atoms with Crippen LogP contribution in [0.25, 0.3) is 10.4 Å². The summed E-state index contributed by atoms with van der Waals surface area (Å²) in [7, 11) is 0. The molecule has 0 saturated heterocycles. The summed E-state index contributed by atoms with van der Waals surface area (Å²) in [5.74, 6) is 1.66. The van der Waals surface area contributed by atoms with E-state index >= 15 is 0 Å². The molecule has 2 heterocycles. The number of aryl methyl sites for hydroxylation is 2. The minimum atomic E-state index is 0.321. The van der Waals surface area contributed by atoms with Gasteiger partial charge in [-0.3, -0.25) is 0 Å². The highest BCUT2D eigenvalue weighted by Gasteiger charge is 2.16. The van der Waals surface area contributed by atoms with Gasteiger partial charge in [-0.2, -0.15) is 0 Å². The molecule has 0 spiro atoms. The largest absolute Gasteiger partial charge is 0.454 e. The Hall–Kier alpha value is -1.55. The number of hydrogen-bond acceptors (Lipinski definition) is 4. The van der Waals surface area contributed by atoms with Crippen molar-refractivity contribution in [3.63, 3.8) is 0 Å². The second-order valence-electron chi connectivity index (χ2n) is 3.93. The molecule has 0 saturated carbocycles. The molecular weight excluding hydrogens is 234 g/mol. The van der Waals surface area contributed by atoms with Crippen LogP contribution < -0.4 is 9.47 Å². The van der Waals surface area contributed by atoms with Crippen molar-refractivity contribution >= 4 is 11.3 Å². The van der Waals surface area contributed by atoms with Gasteiger partial charge in [0.2, 0.25) is 6.79 Å². The zero-order chi connectivity index (χ0) is 11.8.